The number of para-hydroxylation sites is 1. The summed E-state index contributed by atoms with van der Waals surface area (Å²) in [6, 6.07) is 11.5. The molecule has 1 aliphatic heterocycles. The van der Waals surface area contributed by atoms with Gasteiger partial charge in [-0.05, 0) is 49.2 Å². The van der Waals surface area contributed by atoms with Crippen molar-refractivity contribution < 1.29 is 14.3 Å². The predicted octanol–water partition coefficient (Wildman–Crippen LogP) is 4.73. The first kappa shape index (κ1) is 18.5. The summed E-state index contributed by atoms with van der Waals surface area (Å²) >= 11 is 6.74. The summed E-state index contributed by atoms with van der Waals surface area (Å²) in [6.07, 6.45) is 1.79. The average Bonchev–Trinajstić information content (AvgIpc) is 2.90. The Morgan fingerprint density at radius 2 is 1.85 bits per heavy atom. The van der Waals surface area contributed by atoms with Crippen LogP contribution < -0.4 is 14.4 Å². The number of ether oxygens (including phenoxy) is 2. The lowest BCUT2D eigenvalue weighted by Gasteiger charge is -2.16. The summed E-state index contributed by atoms with van der Waals surface area (Å²) in [6.45, 7) is 4.06. The quantitative estimate of drug-likeness (QED) is 0.562. The first-order chi connectivity index (χ1) is 12.5. The third-order valence-electron chi connectivity index (χ3n) is 4.26. The molecule has 0 saturated carbocycles. The maximum Gasteiger partial charge on any atom is 0.270 e. The van der Waals surface area contributed by atoms with Crippen LogP contribution in [0.5, 0.6) is 11.5 Å². The number of methoxy groups -OCH3 is 2. The Bertz CT molecular complexity index is 921. The van der Waals surface area contributed by atoms with E-state index in [0.717, 1.165) is 16.8 Å². The number of aryl methyl sites for hydroxylation is 2. The van der Waals surface area contributed by atoms with Gasteiger partial charge in [0.1, 0.15) is 0 Å². The standard InChI is InChI=1S/C20H19NO3S2/c1-12-8-9-15(10-13(12)2)21-19(22)17(26-20(21)25)11-14-6-5-7-16(23-3)18(14)24-4/h5-11H,1-4H3/b17-11-. The molecule has 4 nitrogen and oxygen atoms in total. The number of carbonyl (C=O) groups is 1. The Labute approximate surface area is 162 Å². The number of hydrogen-bond donors (Lipinski definition) is 0. The number of rotatable bonds is 4. The molecule has 1 amide bonds. The van der Waals surface area contributed by atoms with E-state index in [2.05, 4.69) is 0 Å². The Morgan fingerprint density at radius 1 is 1.08 bits per heavy atom. The number of carbonyl (C=O) groups excluding carboxylic acids is 1. The van der Waals surface area contributed by atoms with Gasteiger partial charge >= 0.3 is 0 Å². The Balaban J connectivity index is 1.99. The maximum atomic E-state index is 12.9. The number of hydrogen-bond acceptors (Lipinski definition) is 5. The molecule has 1 aliphatic rings. The molecule has 134 valence electrons. The van der Waals surface area contributed by atoms with Crippen LogP contribution in [0.2, 0.25) is 0 Å². The number of nitrogens with zero attached hydrogens (tertiary/aromatic N) is 1. The van der Waals surface area contributed by atoms with Gasteiger partial charge in [-0.1, -0.05) is 42.2 Å². The van der Waals surface area contributed by atoms with E-state index in [1.807, 2.05) is 50.2 Å². The fourth-order valence-corrected chi connectivity index (χ4v) is 4.01. The van der Waals surface area contributed by atoms with Gasteiger partial charge in [0.2, 0.25) is 0 Å². The van der Waals surface area contributed by atoms with E-state index >= 15 is 0 Å². The molecule has 2 aromatic carbocycles. The van der Waals surface area contributed by atoms with Crippen molar-refractivity contribution in [3.63, 3.8) is 0 Å². The highest BCUT2D eigenvalue weighted by molar-refractivity contribution is 8.27. The number of anilines is 1. The van der Waals surface area contributed by atoms with Gasteiger partial charge in [-0.3, -0.25) is 9.69 Å². The van der Waals surface area contributed by atoms with Crippen LogP contribution in [0.3, 0.4) is 0 Å². The van der Waals surface area contributed by atoms with Crippen molar-refractivity contribution in [3.05, 3.63) is 58.0 Å². The van der Waals surface area contributed by atoms with Gasteiger partial charge in [0.15, 0.2) is 15.8 Å². The van der Waals surface area contributed by atoms with E-state index < -0.39 is 0 Å². The average molecular weight is 386 g/mol. The van der Waals surface area contributed by atoms with E-state index in [1.54, 1.807) is 25.2 Å². The van der Waals surface area contributed by atoms with Gasteiger partial charge in [0.25, 0.3) is 5.91 Å². The van der Waals surface area contributed by atoms with Gasteiger partial charge in [-0.2, -0.15) is 0 Å². The molecule has 1 heterocycles. The first-order valence-electron chi connectivity index (χ1n) is 8.02. The monoisotopic (exact) mass is 385 g/mol. The molecule has 1 fully saturated rings. The second-order valence-corrected chi connectivity index (χ2v) is 7.54. The molecular formula is C20H19NO3S2. The molecule has 0 atom stereocenters. The molecule has 26 heavy (non-hydrogen) atoms. The first-order valence-corrected chi connectivity index (χ1v) is 9.25. The summed E-state index contributed by atoms with van der Waals surface area (Å²) < 4.78 is 11.3. The minimum atomic E-state index is -0.131. The number of benzene rings is 2. The Kier molecular flexibility index (Phi) is 5.34. The molecule has 0 bridgehead atoms. The Hall–Kier alpha value is -2.31. The van der Waals surface area contributed by atoms with Gasteiger partial charge in [0, 0.05) is 5.56 Å². The summed E-state index contributed by atoms with van der Waals surface area (Å²) in [5.41, 5.74) is 3.86. The molecular weight excluding hydrogens is 366 g/mol. The number of amides is 1. The summed E-state index contributed by atoms with van der Waals surface area (Å²) in [5, 5.41) is 0. The van der Waals surface area contributed by atoms with Crippen LogP contribution in [0.15, 0.2) is 41.3 Å². The van der Waals surface area contributed by atoms with Crippen molar-refractivity contribution in [2.24, 2.45) is 0 Å². The van der Waals surface area contributed by atoms with Gasteiger partial charge in [-0.25, -0.2) is 0 Å². The predicted molar refractivity (Wildman–Crippen MR) is 111 cm³/mol. The van der Waals surface area contributed by atoms with Crippen LogP contribution >= 0.6 is 24.0 Å². The third-order valence-corrected chi connectivity index (χ3v) is 5.56. The highest BCUT2D eigenvalue weighted by atomic mass is 32.2. The highest BCUT2D eigenvalue weighted by Gasteiger charge is 2.33. The van der Waals surface area contributed by atoms with E-state index in [9.17, 15) is 4.79 Å². The van der Waals surface area contributed by atoms with E-state index in [0.29, 0.717) is 20.7 Å². The molecule has 2 aromatic rings. The number of thiocarbonyl (C=S) groups is 1. The minimum absolute atomic E-state index is 0.131. The van der Waals surface area contributed by atoms with Crippen molar-refractivity contribution in [1.29, 1.82) is 0 Å². The van der Waals surface area contributed by atoms with Crippen molar-refractivity contribution in [2.75, 3.05) is 19.1 Å². The van der Waals surface area contributed by atoms with Gasteiger partial charge in [-0.15, -0.1) is 0 Å². The molecule has 1 saturated heterocycles. The topological polar surface area (TPSA) is 38.8 Å². The zero-order valence-corrected chi connectivity index (χ0v) is 16.7. The molecule has 0 aliphatic carbocycles. The fourth-order valence-electron chi connectivity index (χ4n) is 2.72. The third kappa shape index (κ3) is 3.34. The van der Waals surface area contributed by atoms with Crippen LogP contribution in [0.4, 0.5) is 5.69 Å². The van der Waals surface area contributed by atoms with Crippen LogP contribution in [0.25, 0.3) is 6.08 Å². The van der Waals surface area contributed by atoms with Crippen LogP contribution in [-0.2, 0) is 4.79 Å². The summed E-state index contributed by atoms with van der Waals surface area (Å²) in [4.78, 5) is 15.1. The molecule has 3 rings (SSSR count). The fraction of sp³-hybridized carbons (Fsp3) is 0.200. The Morgan fingerprint density at radius 3 is 2.50 bits per heavy atom. The summed E-state index contributed by atoms with van der Waals surface area (Å²) in [5.74, 6) is 1.07. The second-order valence-electron chi connectivity index (χ2n) is 5.87. The van der Waals surface area contributed by atoms with Gasteiger partial charge in [0.05, 0.1) is 24.8 Å². The highest BCUT2D eigenvalue weighted by Crippen LogP contribution is 2.39. The van der Waals surface area contributed by atoms with Crippen LogP contribution in [0.1, 0.15) is 16.7 Å². The van der Waals surface area contributed by atoms with Gasteiger partial charge < -0.3 is 9.47 Å². The second kappa shape index (κ2) is 7.51. The maximum absolute atomic E-state index is 12.9. The smallest absolute Gasteiger partial charge is 0.270 e. The van der Waals surface area contributed by atoms with E-state index in [-0.39, 0.29) is 5.91 Å². The number of thioether (sulfide) groups is 1. The van der Waals surface area contributed by atoms with Crippen molar-refractivity contribution in [2.45, 2.75) is 13.8 Å². The van der Waals surface area contributed by atoms with Crippen molar-refractivity contribution in [1.82, 2.24) is 0 Å². The zero-order chi connectivity index (χ0) is 18.8. The molecule has 6 heteroatoms. The zero-order valence-electron chi connectivity index (χ0n) is 15.0. The van der Waals surface area contributed by atoms with E-state index in [4.69, 9.17) is 21.7 Å². The lowest BCUT2D eigenvalue weighted by molar-refractivity contribution is -0.113. The van der Waals surface area contributed by atoms with Crippen molar-refractivity contribution in [3.8, 4) is 11.5 Å². The lowest BCUT2D eigenvalue weighted by Crippen LogP contribution is -2.27. The largest absolute Gasteiger partial charge is 0.493 e. The molecule has 0 aromatic heterocycles. The molecule has 0 spiro atoms. The lowest BCUT2D eigenvalue weighted by atomic mass is 10.1. The molecule has 0 unspecified atom stereocenters. The normalized spacial score (nSPS) is 15.7. The van der Waals surface area contributed by atoms with Crippen LogP contribution in [0, 0.1) is 13.8 Å². The van der Waals surface area contributed by atoms with E-state index in [1.165, 1.54) is 17.3 Å². The molecule has 0 N–H and O–H groups in total. The minimum Gasteiger partial charge on any atom is -0.493 e. The van der Waals surface area contributed by atoms with Crippen LogP contribution in [-0.4, -0.2) is 24.4 Å². The molecule has 0 radical (unpaired) electrons. The van der Waals surface area contributed by atoms with Crippen molar-refractivity contribution >= 4 is 46.0 Å². The SMILES string of the molecule is COc1cccc(/C=C2\SC(=S)N(c3ccc(C)c(C)c3)C2=O)c1OC. The summed E-state index contributed by atoms with van der Waals surface area (Å²) in [7, 11) is 3.16.